The fourth-order valence-corrected chi connectivity index (χ4v) is 2.40. The third-order valence-electron chi connectivity index (χ3n) is 3.76. The van der Waals surface area contributed by atoms with Gasteiger partial charge in [-0.3, -0.25) is 4.79 Å². The summed E-state index contributed by atoms with van der Waals surface area (Å²) in [6, 6.07) is 5.46. The molecule has 128 valence electrons. The number of carbonyl (C=O) groups is 2. The number of rotatable bonds is 7. The van der Waals surface area contributed by atoms with Crippen molar-refractivity contribution < 1.29 is 18.7 Å². The number of nitrogens with zero attached hydrogens (tertiary/aromatic N) is 1. The molecule has 2 aromatic heterocycles. The van der Waals surface area contributed by atoms with Gasteiger partial charge in [0.1, 0.15) is 5.76 Å². The second kappa shape index (κ2) is 7.68. The summed E-state index contributed by atoms with van der Waals surface area (Å²) in [6.45, 7) is 9.68. The van der Waals surface area contributed by atoms with Crippen molar-refractivity contribution in [3.63, 3.8) is 0 Å². The number of aromatic nitrogens is 1. The smallest absolute Gasteiger partial charge is 0.340 e. The van der Waals surface area contributed by atoms with Gasteiger partial charge in [0, 0.05) is 17.9 Å². The average Bonchev–Trinajstić information content (AvgIpc) is 3.16. The number of ether oxygens (including phenoxy) is 1. The molecule has 2 heterocycles. The Labute approximate surface area is 141 Å². The molecule has 0 spiro atoms. The van der Waals surface area contributed by atoms with Crippen LogP contribution in [0.15, 0.2) is 41.5 Å². The van der Waals surface area contributed by atoms with Crippen LogP contribution in [0.4, 0.5) is 0 Å². The number of amides is 1. The molecule has 1 unspecified atom stereocenters. The molecule has 0 aliphatic carbocycles. The van der Waals surface area contributed by atoms with Gasteiger partial charge in [-0.1, -0.05) is 6.08 Å². The van der Waals surface area contributed by atoms with Crippen LogP contribution in [0, 0.1) is 13.8 Å². The van der Waals surface area contributed by atoms with Crippen LogP contribution >= 0.6 is 0 Å². The first-order chi connectivity index (χ1) is 11.4. The van der Waals surface area contributed by atoms with Crippen molar-refractivity contribution in [2.75, 3.05) is 6.54 Å². The maximum absolute atomic E-state index is 12.4. The summed E-state index contributed by atoms with van der Waals surface area (Å²) in [5, 5.41) is 2.60. The maximum atomic E-state index is 12.4. The zero-order valence-corrected chi connectivity index (χ0v) is 14.2. The van der Waals surface area contributed by atoms with Gasteiger partial charge in [-0.15, -0.1) is 6.58 Å². The van der Waals surface area contributed by atoms with E-state index >= 15 is 0 Å². The molecule has 1 amide bonds. The molecule has 0 aliphatic heterocycles. The lowest BCUT2D eigenvalue weighted by molar-refractivity contribution is -0.128. The third-order valence-corrected chi connectivity index (χ3v) is 3.76. The molecule has 24 heavy (non-hydrogen) atoms. The van der Waals surface area contributed by atoms with E-state index in [0.717, 1.165) is 17.1 Å². The fourth-order valence-electron chi connectivity index (χ4n) is 2.40. The van der Waals surface area contributed by atoms with Crippen LogP contribution < -0.4 is 5.32 Å². The van der Waals surface area contributed by atoms with Crippen LogP contribution in [-0.2, 0) is 16.1 Å². The average molecular weight is 330 g/mol. The largest absolute Gasteiger partial charge is 0.467 e. The number of furan rings is 1. The molecule has 0 radical (unpaired) electrons. The van der Waals surface area contributed by atoms with E-state index in [-0.39, 0.29) is 5.91 Å². The van der Waals surface area contributed by atoms with Gasteiger partial charge in [-0.25, -0.2) is 4.79 Å². The van der Waals surface area contributed by atoms with E-state index < -0.39 is 12.1 Å². The molecular formula is C18H22N2O4. The van der Waals surface area contributed by atoms with Crippen LogP contribution in [-0.4, -0.2) is 29.1 Å². The summed E-state index contributed by atoms with van der Waals surface area (Å²) in [7, 11) is 0. The van der Waals surface area contributed by atoms with Crippen LogP contribution in [0.3, 0.4) is 0 Å². The molecule has 0 saturated carbocycles. The van der Waals surface area contributed by atoms with Crippen molar-refractivity contribution in [2.24, 2.45) is 0 Å². The SMILES string of the molecule is C=CCNC(=O)C(C)OC(=O)c1cc(C)n(Cc2ccco2)c1C. The zero-order chi connectivity index (χ0) is 17.7. The number of hydrogen-bond acceptors (Lipinski definition) is 4. The molecular weight excluding hydrogens is 308 g/mol. The van der Waals surface area contributed by atoms with Crippen molar-refractivity contribution in [3.05, 3.63) is 59.8 Å². The molecule has 0 bridgehead atoms. The minimum atomic E-state index is -0.870. The summed E-state index contributed by atoms with van der Waals surface area (Å²) >= 11 is 0. The molecule has 0 saturated heterocycles. The number of nitrogens with one attached hydrogen (secondary N) is 1. The minimum Gasteiger partial charge on any atom is -0.467 e. The van der Waals surface area contributed by atoms with Crippen molar-refractivity contribution in [1.82, 2.24) is 9.88 Å². The van der Waals surface area contributed by atoms with Crippen molar-refractivity contribution >= 4 is 11.9 Å². The molecule has 2 aromatic rings. The summed E-state index contributed by atoms with van der Waals surface area (Å²) in [6.07, 6.45) is 2.31. The number of esters is 1. The van der Waals surface area contributed by atoms with Crippen molar-refractivity contribution in [1.29, 1.82) is 0 Å². The molecule has 1 atom stereocenters. The Hall–Kier alpha value is -2.76. The lowest BCUT2D eigenvalue weighted by Gasteiger charge is -2.13. The summed E-state index contributed by atoms with van der Waals surface area (Å²) < 4.78 is 12.6. The summed E-state index contributed by atoms with van der Waals surface area (Å²) in [4.78, 5) is 24.1. The van der Waals surface area contributed by atoms with E-state index in [0.29, 0.717) is 18.7 Å². The number of carbonyl (C=O) groups excluding carboxylic acids is 2. The van der Waals surface area contributed by atoms with Crippen molar-refractivity contribution in [2.45, 2.75) is 33.4 Å². The van der Waals surface area contributed by atoms with Gasteiger partial charge in [0.05, 0.1) is 18.4 Å². The standard InChI is InChI=1S/C18H22N2O4/c1-5-8-19-17(21)14(4)24-18(22)16-10-12(2)20(13(16)3)11-15-7-6-9-23-15/h5-7,9-10,14H,1,8,11H2,2-4H3,(H,19,21). The molecule has 1 N–H and O–H groups in total. The fraction of sp³-hybridized carbons (Fsp3) is 0.333. The second-order valence-corrected chi connectivity index (χ2v) is 5.53. The van der Waals surface area contributed by atoms with Gasteiger partial charge in [-0.05, 0) is 39.0 Å². The van der Waals surface area contributed by atoms with Crippen LogP contribution in [0.5, 0.6) is 0 Å². The monoisotopic (exact) mass is 330 g/mol. The highest BCUT2D eigenvalue weighted by Crippen LogP contribution is 2.19. The minimum absolute atomic E-state index is 0.332. The lowest BCUT2D eigenvalue weighted by atomic mass is 10.2. The van der Waals surface area contributed by atoms with E-state index in [1.54, 1.807) is 25.3 Å². The van der Waals surface area contributed by atoms with Crippen molar-refractivity contribution in [3.8, 4) is 0 Å². The van der Waals surface area contributed by atoms with E-state index in [2.05, 4.69) is 11.9 Å². The second-order valence-electron chi connectivity index (χ2n) is 5.53. The van der Waals surface area contributed by atoms with Crippen LogP contribution in [0.2, 0.25) is 0 Å². The Morgan fingerprint density at radius 3 is 2.83 bits per heavy atom. The number of hydrogen-bond donors (Lipinski definition) is 1. The molecule has 0 fully saturated rings. The van der Waals surface area contributed by atoms with E-state index in [1.807, 2.05) is 30.5 Å². The van der Waals surface area contributed by atoms with Gasteiger partial charge >= 0.3 is 5.97 Å². The maximum Gasteiger partial charge on any atom is 0.340 e. The normalized spacial score (nSPS) is 11.8. The van der Waals surface area contributed by atoms with Gasteiger partial charge in [0.2, 0.25) is 0 Å². The Morgan fingerprint density at radius 2 is 2.21 bits per heavy atom. The van der Waals surface area contributed by atoms with Crippen LogP contribution in [0.1, 0.15) is 34.4 Å². The summed E-state index contributed by atoms with van der Waals surface area (Å²) in [5.74, 6) is -0.0726. The third kappa shape index (κ3) is 3.95. The molecule has 6 heteroatoms. The van der Waals surface area contributed by atoms with Gasteiger partial charge in [0.15, 0.2) is 6.10 Å². The topological polar surface area (TPSA) is 73.5 Å². The quantitative estimate of drug-likeness (QED) is 0.625. The Morgan fingerprint density at radius 1 is 1.46 bits per heavy atom. The van der Waals surface area contributed by atoms with Gasteiger partial charge in [0.25, 0.3) is 5.91 Å². The van der Waals surface area contributed by atoms with E-state index in [9.17, 15) is 9.59 Å². The lowest BCUT2D eigenvalue weighted by Crippen LogP contribution is -2.35. The van der Waals surface area contributed by atoms with E-state index in [1.165, 1.54) is 0 Å². The van der Waals surface area contributed by atoms with E-state index in [4.69, 9.17) is 9.15 Å². The first-order valence-corrected chi connectivity index (χ1v) is 7.72. The van der Waals surface area contributed by atoms with Crippen LogP contribution in [0.25, 0.3) is 0 Å². The molecule has 2 rings (SSSR count). The molecule has 0 aliphatic rings. The summed E-state index contributed by atoms with van der Waals surface area (Å²) in [5.41, 5.74) is 2.13. The first kappa shape index (κ1) is 17.6. The number of aryl methyl sites for hydroxylation is 1. The first-order valence-electron chi connectivity index (χ1n) is 7.72. The highest BCUT2D eigenvalue weighted by Gasteiger charge is 2.22. The Balaban J connectivity index is 2.10. The predicted octanol–water partition coefficient (Wildman–Crippen LogP) is 2.59. The Kier molecular flexibility index (Phi) is 5.63. The zero-order valence-electron chi connectivity index (χ0n) is 14.2. The highest BCUT2D eigenvalue weighted by molar-refractivity contribution is 5.93. The van der Waals surface area contributed by atoms with Gasteiger partial charge < -0.3 is 19.0 Å². The molecule has 6 nitrogen and oxygen atoms in total. The van der Waals surface area contributed by atoms with Gasteiger partial charge in [-0.2, -0.15) is 0 Å². The molecule has 0 aromatic carbocycles. The highest BCUT2D eigenvalue weighted by atomic mass is 16.5. The predicted molar refractivity (Wildman–Crippen MR) is 89.8 cm³/mol. The Bertz CT molecular complexity index is 729.